The van der Waals surface area contributed by atoms with E-state index in [1.54, 1.807) is 36.4 Å². The highest BCUT2D eigenvalue weighted by atomic mass is 35.5. The number of nitrogens with zero attached hydrogens (tertiary/aromatic N) is 1. The number of hydrogen-bond donors (Lipinski definition) is 2. The number of benzene rings is 1. The zero-order chi connectivity index (χ0) is 17.8. The summed E-state index contributed by atoms with van der Waals surface area (Å²) in [5.41, 5.74) is 0.508. The fraction of sp³-hybridized carbons (Fsp3) is 0.333. The molecule has 7 heteroatoms. The first-order valence-electron chi connectivity index (χ1n) is 8.13. The van der Waals surface area contributed by atoms with E-state index in [2.05, 4.69) is 5.32 Å². The normalized spacial score (nSPS) is 18.2. The van der Waals surface area contributed by atoms with Crippen LogP contribution in [0.25, 0.3) is 0 Å². The maximum absolute atomic E-state index is 12.5. The Balaban J connectivity index is 1.61. The maximum Gasteiger partial charge on any atom is 0.313 e. The van der Waals surface area contributed by atoms with Crippen LogP contribution in [-0.2, 0) is 9.59 Å². The van der Waals surface area contributed by atoms with Crippen molar-refractivity contribution in [2.45, 2.75) is 31.4 Å². The first-order chi connectivity index (χ1) is 12.0. The third-order valence-corrected chi connectivity index (χ3v) is 4.55. The van der Waals surface area contributed by atoms with E-state index in [1.807, 2.05) is 0 Å². The number of carbonyl (C=O) groups is 2. The number of furan rings is 1. The van der Waals surface area contributed by atoms with Gasteiger partial charge >= 0.3 is 11.8 Å². The van der Waals surface area contributed by atoms with Crippen LogP contribution in [0.4, 0.5) is 5.69 Å². The van der Waals surface area contributed by atoms with E-state index in [0.29, 0.717) is 29.4 Å². The van der Waals surface area contributed by atoms with Gasteiger partial charge in [-0.3, -0.25) is 9.59 Å². The van der Waals surface area contributed by atoms with E-state index in [4.69, 9.17) is 16.0 Å². The summed E-state index contributed by atoms with van der Waals surface area (Å²) in [6, 6.07) is 9.75. The molecular weight excluding hydrogens is 344 g/mol. The molecule has 0 saturated carbocycles. The lowest BCUT2D eigenvalue weighted by molar-refractivity contribution is -0.144. The summed E-state index contributed by atoms with van der Waals surface area (Å²) >= 11 is 5.80. The van der Waals surface area contributed by atoms with E-state index >= 15 is 0 Å². The lowest BCUT2D eigenvalue weighted by Crippen LogP contribution is -2.43. The van der Waals surface area contributed by atoms with Crippen molar-refractivity contribution in [2.24, 2.45) is 0 Å². The molecule has 1 aliphatic heterocycles. The third kappa shape index (κ3) is 4.21. The van der Waals surface area contributed by atoms with Gasteiger partial charge in [-0.05, 0) is 49.2 Å². The Hall–Kier alpha value is -2.31. The molecule has 6 nitrogen and oxygen atoms in total. The summed E-state index contributed by atoms with van der Waals surface area (Å²) in [5, 5.41) is 13.4. The predicted molar refractivity (Wildman–Crippen MR) is 93.1 cm³/mol. The zero-order valence-corrected chi connectivity index (χ0v) is 14.3. The molecule has 3 rings (SSSR count). The molecule has 2 amide bonds. The Morgan fingerprint density at radius 3 is 2.76 bits per heavy atom. The van der Waals surface area contributed by atoms with Crippen LogP contribution in [0.1, 0.15) is 31.1 Å². The molecule has 0 unspecified atom stereocenters. The van der Waals surface area contributed by atoms with Gasteiger partial charge in [0.05, 0.1) is 6.26 Å². The van der Waals surface area contributed by atoms with Gasteiger partial charge in [0.2, 0.25) is 0 Å². The van der Waals surface area contributed by atoms with Crippen molar-refractivity contribution in [1.29, 1.82) is 0 Å². The minimum atomic E-state index is -0.798. The van der Waals surface area contributed by atoms with Gasteiger partial charge in [0.25, 0.3) is 0 Å². The van der Waals surface area contributed by atoms with Crippen molar-refractivity contribution in [3.63, 3.8) is 0 Å². The average Bonchev–Trinajstić information content (AvgIpc) is 3.27. The Morgan fingerprint density at radius 1 is 1.32 bits per heavy atom. The first-order valence-corrected chi connectivity index (χ1v) is 8.51. The van der Waals surface area contributed by atoms with Crippen LogP contribution in [-0.4, -0.2) is 34.4 Å². The van der Waals surface area contributed by atoms with Crippen LogP contribution in [0, 0.1) is 0 Å². The van der Waals surface area contributed by atoms with Crippen molar-refractivity contribution >= 4 is 29.1 Å². The highest BCUT2D eigenvalue weighted by molar-refractivity contribution is 6.39. The standard InChI is InChI=1S/C18H19ClN2O4/c19-12-5-7-13(8-6-12)20-17(23)18(24)21-9-1-3-14(21)11-15(22)16-4-2-10-25-16/h2,4-8,10,14-15,22H,1,3,9,11H2,(H,20,23)/t14-,15+/m1/s1. The number of amides is 2. The molecule has 1 fully saturated rings. The molecule has 2 heterocycles. The number of likely N-dealkylation sites (tertiary alicyclic amines) is 1. The number of rotatable bonds is 4. The summed E-state index contributed by atoms with van der Waals surface area (Å²) in [7, 11) is 0. The first kappa shape index (κ1) is 17.5. The molecule has 2 N–H and O–H groups in total. The Morgan fingerprint density at radius 2 is 2.08 bits per heavy atom. The Labute approximate surface area is 150 Å². The third-order valence-electron chi connectivity index (χ3n) is 4.30. The number of halogens is 1. The molecule has 0 aliphatic carbocycles. The van der Waals surface area contributed by atoms with Crippen LogP contribution in [0.2, 0.25) is 5.02 Å². The lowest BCUT2D eigenvalue weighted by Gasteiger charge is -2.25. The van der Waals surface area contributed by atoms with Crippen LogP contribution in [0.15, 0.2) is 47.1 Å². The fourth-order valence-corrected chi connectivity index (χ4v) is 3.18. The maximum atomic E-state index is 12.5. The molecule has 1 aliphatic rings. The number of hydrogen-bond acceptors (Lipinski definition) is 4. The minimum absolute atomic E-state index is 0.191. The van der Waals surface area contributed by atoms with Gasteiger partial charge in [-0.25, -0.2) is 0 Å². The highest BCUT2D eigenvalue weighted by Crippen LogP contribution is 2.28. The molecule has 0 spiro atoms. The average molecular weight is 363 g/mol. The number of anilines is 1. The lowest BCUT2D eigenvalue weighted by atomic mass is 10.1. The Kier molecular flexibility index (Phi) is 5.40. The smallest absolute Gasteiger partial charge is 0.313 e. The molecule has 1 saturated heterocycles. The molecule has 132 valence electrons. The van der Waals surface area contributed by atoms with Gasteiger partial charge in [-0.1, -0.05) is 11.6 Å². The van der Waals surface area contributed by atoms with E-state index in [1.165, 1.54) is 11.2 Å². The van der Waals surface area contributed by atoms with E-state index in [9.17, 15) is 14.7 Å². The number of nitrogens with one attached hydrogen (secondary N) is 1. The summed E-state index contributed by atoms with van der Waals surface area (Å²) in [6.45, 7) is 0.502. The molecule has 2 aromatic rings. The minimum Gasteiger partial charge on any atom is -0.467 e. The van der Waals surface area contributed by atoms with E-state index < -0.39 is 17.9 Å². The van der Waals surface area contributed by atoms with Crippen molar-refractivity contribution in [3.8, 4) is 0 Å². The summed E-state index contributed by atoms with van der Waals surface area (Å²) in [6.07, 6.45) is 2.59. The molecule has 2 atom stereocenters. The van der Waals surface area contributed by atoms with Gasteiger partial charge in [-0.2, -0.15) is 0 Å². The molecular formula is C18H19ClN2O4. The number of aliphatic hydroxyl groups is 1. The largest absolute Gasteiger partial charge is 0.467 e. The van der Waals surface area contributed by atoms with Crippen molar-refractivity contribution in [2.75, 3.05) is 11.9 Å². The summed E-state index contributed by atoms with van der Waals surface area (Å²) in [4.78, 5) is 26.2. The molecule has 0 bridgehead atoms. The van der Waals surface area contributed by atoms with Gasteiger partial charge in [-0.15, -0.1) is 0 Å². The Bertz CT molecular complexity index is 730. The molecule has 1 aromatic carbocycles. The van der Waals surface area contributed by atoms with Crippen LogP contribution < -0.4 is 5.32 Å². The van der Waals surface area contributed by atoms with Crippen molar-refractivity contribution < 1.29 is 19.1 Å². The number of carbonyl (C=O) groups excluding carboxylic acids is 2. The summed E-state index contributed by atoms with van der Waals surface area (Å²) in [5.74, 6) is -0.823. The van der Waals surface area contributed by atoms with Crippen LogP contribution in [0.3, 0.4) is 0 Å². The highest BCUT2D eigenvalue weighted by Gasteiger charge is 2.34. The number of aliphatic hydroxyl groups excluding tert-OH is 1. The SMILES string of the molecule is O=C(Nc1ccc(Cl)cc1)C(=O)N1CCC[C@@H]1C[C@H](O)c1ccco1. The second-order valence-electron chi connectivity index (χ2n) is 6.02. The molecule has 0 radical (unpaired) electrons. The van der Waals surface area contributed by atoms with Gasteiger partial charge in [0, 0.05) is 29.7 Å². The monoisotopic (exact) mass is 362 g/mol. The topological polar surface area (TPSA) is 82.8 Å². The fourth-order valence-electron chi connectivity index (χ4n) is 3.05. The predicted octanol–water partition coefficient (Wildman–Crippen LogP) is 2.99. The quantitative estimate of drug-likeness (QED) is 0.819. The summed E-state index contributed by atoms with van der Waals surface area (Å²) < 4.78 is 5.19. The second-order valence-corrected chi connectivity index (χ2v) is 6.46. The van der Waals surface area contributed by atoms with E-state index in [0.717, 1.165) is 12.8 Å². The van der Waals surface area contributed by atoms with Crippen LogP contribution >= 0.6 is 11.6 Å². The van der Waals surface area contributed by atoms with Gasteiger partial charge < -0.3 is 19.7 Å². The van der Waals surface area contributed by atoms with Gasteiger partial charge in [0.15, 0.2) is 0 Å². The van der Waals surface area contributed by atoms with Crippen molar-refractivity contribution in [1.82, 2.24) is 4.90 Å². The van der Waals surface area contributed by atoms with Crippen LogP contribution in [0.5, 0.6) is 0 Å². The van der Waals surface area contributed by atoms with Crippen molar-refractivity contribution in [3.05, 3.63) is 53.4 Å². The van der Waals surface area contributed by atoms with Gasteiger partial charge in [0.1, 0.15) is 11.9 Å². The molecule has 1 aromatic heterocycles. The van der Waals surface area contributed by atoms with E-state index in [-0.39, 0.29) is 6.04 Å². The zero-order valence-electron chi connectivity index (χ0n) is 13.5. The second kappa shape index (κ2) is 7.72. The molecule has 25 heavy (non-hydrogen) atoms.